The monoisotopic (exact) mass is 313 g/mol. The molecule has 0 N–H and O–H groups in total. The Bertz CT molecular complexity index is 736. The molecule has 0 aliphatic rings. The van der Waals surface area contributed by atoms with Crippen LogP contribution >= 0.6 is 46.1 Å². The molecule has 0 unspecified atom stereocenters. The molecule has 0 spiro atoms. The van der Waals surface area contributed by atoms with E-state index in [2.05, 4.69) is 4.98 Å². The quantitative estimate of drug-likeness (QED) is 0.543. The minimum Gasteiger partial charge on any atom is -0.234 e. The largest absolute Gasteiger partial charge is 0.234 e. The molecule has 0 saturated carbocycles. The molecule has 1 aromatic heterocycles. The molecule has 0 saturated heterocycles. The van der Waals surface area contributed by atoms with Gasteiger partial charge in [-0.25, -0.2) is 4.98 Å². The van der Waals surface area contributed by atoms with Gasteiger partial charge in [-0.1, -0.05) is 40.9 Å². The van der Waals surface area contributed by atoms with Crippen molar-refractivity contribution in [3.8, 4) is 10.6 Å². The smallest absolute Gasteiger partial charge is 0.126 e. The lowest BCUT2D eigenvalue weighted by molar-refractivity contribution is 1.48. The minimum atomic E-state index is 0.595. The van der Waals surface area contributed by atoms with E-state index in [0.29, 0.717) is 15.1 Å². The third-order valence-electron chi connectivity index (χ3n) is 2.53. The Morgan fingerprint density at radius 2 is 1.78 bits per heavy atom. The molecule has 5 heteroatoms. The van der Waals surface area contributed by atoms with Gasteiger partial charge in [-0.2, -0.15) is 0 Å². The van der Waals surface area contributed by atoms with Gasteiger partial charge in [0.15, 0.2) is 0 Å². The van der Waals surface area contributed by atoms with Crippen LogP contribution in [0.25, 0.3) is 20.8 Å². The maximum atomic E-state index is 6.18. The number of benzene rings is 2. The average molecular weight is 315 g/mol. The number of halogens is 3. The number of fused-ring (bicyclic) bond motifs is 1. The van der Waals surface area contributed by atoms with Crippen LogP contribution < -0.4 is 0 Å². The van der Waals surface area contributed by atoms with E-state index >= 15 is 0 Å². The van der Waals surface area contributed by atoms with Gasteiger partial charge in [-0.3, -0.25) is 0 Å². The van der Waals surface area contributed by atoms with Crippen LogP contribution in [0.5, 0.6) is 0 Å². The van der Waals surface area contributed by atoms with Crippen molar-refractivity contribution < 1.29 is 0 Å². The van der Waals surface area contributed by atoms with Crippen LogP contribution in [0, 0.1) is 0 Å². The summed E-state index contributed by atoms with van der Waals surface area (Å²) in [6.45, 7) is 0. The van der Waals surface area contributed by atoms with Crippen LogP contribution in [0.3, 0.4) is 0 Å². The molecule has 0 amide bonds. The molecule has 1 heterocycles. The highest BCUT2D eigenvalue weighted by molar-refractivity contribution is 7.21. The second-order valence-corrected chi connectivity index (χ2v) is 6.01. The van der Waals surface area contributed by atoms with Crippen molar-refractivity contribution in [2.45, 2.75) is 0 Å². The van der Waals surface area contributed by atoms with Crippen molar-refractivity contribution in [1.29, 1.82) is 0 Å². The molecule has 0 aliphatic carbocycles. The van der Waals surface area contributed by atoms with Gasteiger partial charge in [0.1, 0.15) is 10.5 Å². The zero-order chi connectivity index (χ0) is 12.7. The number of hydrogen-bond acceptors (Lipinski definition) is 2. The fourth-order valence-electron chi connectivity index (χ4n) is 1.69. The molecule has 2 aromatic carbocycles. The summed E-state index contributed by atoms with van der Waals surface area (Å²) in [6, 6.07) is 11.1. The standard InChI is InChI=1S/C13H6Cl3NS/c14-7-4-5-8(10(16)6-7)13-17-12-9(15)2-1-3-11(12)18-13/h1-6H. The topological polar surface area (TPSA) is 12.9 Å². The van der Waals surface area contributed by atoms with E-state index in [-0.39, 0.29) is 0 Å². The number of thiazole rings is 1. The van der Waals surface area contributed by atoms with E-state index in [1.54, 1.807) is 23.5 Å². The van der Waals surface area contributed by atoms with Crippen molar-refractivity contribution in [2.75, 3.05) is 0 Å². The van der Waals surface area contributed by atoms with Crippen LogP contribution in [0.1, 0.15) is 0 Å². The first kappa shape index (κ1) is 12.2. The average Bonchev–Trinajstić information content (AvgIpc) is 2.74. The fraction of sp³-hybridized carbons (Fsp3) is 0. The molecular formula is C13H6Cl3NS. The third-order valence-corrected chi connectivity index (χ3v) is 4.44. The molecule has 0 radical (unpaired) electrons. The first-order chi connectivity index (χ1) is 8.65. The highest BCUT2D eigenvalue weighted by Crippen LogP contribution is 2.37. The van der Waals surface area contributed by atoms with Crippen molar-refractivity contribution >= 4 is 56.4 Å². The van der Waals surface area contributed by atoms with Crippen LogP contribution in [0.15, 0.2) is 36.4 Å². The Labute approximate surface area is 123 Å². The Balaban J connectivity index is 2.23. The first-order valence-corrected chi connectivity index (χ1v) is 7.10. The zero-order valence-corrected chi connectivity index (χ0v) is 12.0. The predicted octanol–water partition coefficient (Wildman–Crippen LogP) is 5.92. The van der Waals surface area contributed by atoms with Gasteiger partial charge in [0.25, 0.3) is 0 Å². The van der Waals surface area contributed by atoms with Crippen LogP contribution in [0.4, 0.5) is 0 Å². The molecule has 90 valence electrons. The van der Waals surface area contributed by atoms with Gasteiger partial charge in [-0.05, 0) is 30.3 Å². The Hall–Kier alpha value is -0.800. The number of rotatable bonds is 1. The SMILES string of the molecule is Clc1ccc(-c2nc3c(Cl)cccc3s2)c(Cl)c1. The predicted molar refractivity (Wildman–Crippen MR) is 80.1 cm³/mol. The van der Waals surface area contributed by atoms with Gasteiger partial charge in [-0.15, -0.1) is 11.3 Å². The maximum absolute atomic E-state index is 6.18. The van der Waals surface area contributed by atoms with Crippen LogP contribution in [-0.4, -0.2) is 4.98 Å². The van der Waals surface area contributed by atoms with Gasteiger partial charge in [0.2, 0.25) is 0 Å². The van der Waals surface area contributed by atoms with E-state index in [1.807, 2.05) is 24.3 Å². The number of aromatic nitrogens is 1. The summed E-state index contributed by atoms with van der Waals surface area (Å²) >= 11 is 19.7. The molecule has 0 atom stereocenters. The van der Waals surface area contributed by atoms with Crippen molar-refractivity contribution in [3.63, 3.8) is 0 Å². The second-order valence-electron chi connectivity index (χ2n) is 3.73. The van der Waals surface area contributed by atoms with E-state index in [9.17, 15) is 0 Å². The third kappa shape index (κ3) is 2.10. The van der Waals surface area contributed by atoms with Crippen LogP contribution in [-0.2, 0) is 0 Å². The number of hydrogen-bond donors (Lipinski definition) is 0. The molecule has 1 nitrogen and oxygen atoms in total. The van der Waals surface area contributed by atoms with Crippen molar-refractivity contribution in [2.24, 2.45) is 0 Å². The molecule has 0 bridgehead atoms. The molecule has 18 heavy (non-hydrogen) atoms. The van der Waals surface area contributed by atoms with E-state index < -0.39 is 0 Å². The van der Waals surface area contributed by atoms with E-state index in [0.717, 1.165) is 20.8 Å². The first-order valence-electron chi connectivity index (χ1n) is 5.15. The van der Waals surface area contributed by atoms with Crippen molar-refractivity contribution in [3.05, 3.63) is 51.5 Å². The summed E-state index contributed by atoms with van der Waals surface area (Å²) in [4.78, 5) is 4.53. The lowest BCUT2D eigenvalue weighted by Crippen LogP contribution is -1.78. The Morgan fingerprint density at radius 3 is 2.50 bits per heavy atom. The fourth-order valence-corrected chi connectivity index (χ4v) is 3.55. The lowest BCUT2D eigenvalue weighted by atomic mass is 10.2. The van der Waals surface area contributed by atoms with Gasteiger partial charge < -0.3 is 0 Å². The number of para-hydroxylation sites is 1. The summed E-state index contributed by atoms with van der Waals surface area (Å²) in [5.41, 5.74) is 1.68. The summed E-state index contributed by atoms with van der Waals surface area (Å²) in [6.07, 6.45) is 0. The molecular weight excluding hydrogens is 309 g/mol. The van der Waals surface area contributed by atoms with Crippen molar-refractivity contribution in [1.82, 2.24) is 4.98 Å². The maximum Gasteiger partial charge on any atom is 0.126 e. The minimum absolute atomic E-state index is 0.595. The van der Waals surface area contributed by atoms with Crippen LogP contribution in [0.2, 0.25) is 15.1 Å². The summed E-state index contributed by atoms with van der Waals surface area (Å²) < 4.78 is 1.04. The lowest BCUT2D eigenvalue weighted by Gasteiger charge is -1.99. The van der Waals surface area contributed by atoms with Gasteiger partial charge in [0, 0.05) is 10.6 Å². The van der Waals surface area contributed by atoms with Gasteiger partial charge in [0.05, 0.1) is 14.7 Å². The summed E-state index contributed by atoms with van der Waals surface area (Å²) in [5, 5.41) is 2.71. The molecule has 3 rings (SSSR count). The molecule has 3 aromatic rings. The highest BCUT2D eigenvalue weighted by atomic mass is 35.5. The van der Waals surface area contributed by atoms with Gasteiger partial charge >= 0.3 is 0 Å². The summed E-state index contributed by atoms with van der Waals surface area (Å²) in [5.74, 6) is 0. The second kappa shape index (κ2) is 4.71. The Morgan fingerprint density at radius 1 is 0.944 bits per heavy atom. The Kier molecular flexibility index (Phi) is 3.20. The zero-order valence-electron chi connectivity index (χ0n) is 8.95. The number of nitrogens with zero attached hydrogens (tertiary/aromatic N) is 1. The van der Waals surface area contributed by atoms with E-state index in [1.165, 1.54) is 0 Å². The molecule has 0 fully saturated rings. The molecule has 0 aliphatic heterocycles. The normalized spacial score (nSPS) is 11.1. The summed E-state index contributed by atoms with van der Waals surface area (Å²) in [7, 11) is 0. The highest BCUT2D eigenvalue weighted by Gasteiger charge is 2.11. The van der Waals surface area contributed by atoms with E-state index in [4.69, 9.17) is 34.8 Å².